The first-order valence-corrected chi connectivity index (χ1v) is 18.0. The van der Waals surface area contributed by atoms with Gasteiger partial charge in [0.1, 0.15) is 25.1 Å². The van der Waals surface area contributed by atoms with E-state index in [0.29, 0.717) is 29.5 Å². The molecule has 1 saturated heterocycles. The molecule has 1 aromatic rings. The number of carbonyl (C=O) groups is 7. The topological polar surface area (TPSA) is 203 Å². The van der Waals surface area contributed by atoms with Gasteiger partial charge >= 0.3 is 41.8 Å². The van der Waals surface area contributed by atoms with Crippen molar-refractivity contribution in [1.29, 1.82) is 0 Å². The molecule has 2 aliphatic heterocycles. The largest absolute Gasteiger partial charge is 0.463 e. The highest BCUT2D eigenvalue weighted by atomic mass is 16.8. The van der Waals surface area contributed by atoms with Crippen molar-refractivity contribution in [3.8, 4) is 5.75 Å². The molecular weight excluding hydrogens is 712 g/mol. The highest BCUT2D eigenvalue weighted by molar-refractivity contribution is 5.98. The minimum Gasteiger partial charge on any atom is -0.463 e. The normalized spacial score (nSPS) is 29.3. The summed E-state index contributed by atoms with van der Waals surface area (Å²) in [5.74, 6) is -5.11. The van der Waals surface area contributed by atoms with Crippen molar-refractivity contribution in [2.24, 2.45) is 11.3 Å². The molecule has 4 aliphatic rings. The zero-order valence-electron chi connectivity index (χ0n) is 32.0. The Labute approximate surface area is 312 Å². The Morgan fingerprint density at radius 2 is 1.37 bits per heavy atom. The molecule has 0 amide bonds. The maximum atomic E-state index is 14.1. The van der Waals surface area contributed by atoms with Crippen LogP contribution in [0.15, 0.2) is 0 Å². The number of hydrogen-bond donors (Lipinski definition) is 0. The molecule has 0 radical (unpaired) electrons. The molecule has 296 valence electrons. The van der Waals surface area contributed by atoms with Crippen LogP contribution in [0.4, 0.5) is 0 Å². The summed E-state index contributed by atoms with van der Waals surface area (Å²) >= 11 is 0. The lowest BCUT2D eigenvalue weighted by atomic mass is 9.49. The number of cyclic esters (lactones) is 1. The molecule has 2 aliphatic carbocycles. The molecule has 0 aromatic heterocycles. The molecule has 54 heavy (non-hydrogen) atoms. The quantitative estimate of drug-likeness (QED) is 0.188. The summed E-state index contributed by atoms with van der Waals surface area (Å²) in [6.45, 7) is 12.5. The maximum absolute atomic E-state index is 14.1. The number of benzene rings is 1. The van der Waals surface area contributed by atoms with Crippen molar-refractivity contribution in [2.75, 3.05) is 6.61 Å². The second-order valence-corrected chi connectivity index (χ2v) is 15.1. The average molecular weight is 761 g/mol. The fourth-order valence-electron chi connectivity index (χ4n) is 8.95. The number of ether oxygens (including phenoxy) is 9. The van der Waals surface area contributed by atoms with E-state index in [-0.39, 0.29) is 28.2 Å². The van der Waals surface area contributed by atoms with Crippen LogP contribution in [-0.2, 0) is 85.1 Å². The van der Waals surface area contributed by atoms with E-state index in [0.717, 1.165) is 47.0 Å². The van der Waals surface area contributed by atoms with Crippen LogP contribution >= 0.6 is 0 Å². The van der Waals surface area contributed by atoms with Gasteiger partial charge in [-0.2, -0.15) is 0 Å². The Bertz CT molecular complexity index is 1730. The first-order valence-electron chi connectivity index (χ1n) is 18.0. The van der Waals surface area contributed by atoms with Crippen LogP contribution < -0.4 is 4.74 Å². The molecule has 2 heterocycles. The van der Waals surface area contributed by atoms with Gasteiger partial charge in [-0.1, -0.05) is 27.2 Å². The smallest absolute Gasteiger partial charge is 0.341 e. The zero-order valence-corrected chi connectivity index (χ0v) is 32.0. The van der Waals surface area contributed by atoms with Crippen molar-refractivity contribution in [3.05, 3.63) is 27.8 Å². The summed E-state index contributed by atoms with van der Waals surface area (Å²) in [6, 6.07) is 0. The summed E-state index contributed by atoms with van der Waals surface area (Å²) < 4.78 is 51.7. The molecule has 8 atom stereocenters. The van der Waals surface area contributed by atoms with Crippen LogP contribution in [0.25, 0.3) is 0 Å². The van der Waals surface area contributed by atoms with Crippen molar-refractivity contribution in [3.63, 3.8) is 0 Å². The van der Waals surface area contributed by atoms with Gasteiger partial charge in [0.15, 0.2) is 18.3 Å². The van der Waals surface area contributed by atoms with Crippen molar-refractivity contribution in [1.82, 2.24) is 0 Å². The summed E-state index contributed by atoms with van der Waals surface area (Å²) in [7, 11) is 0. The molecule has 1 saturated carbocycles. The Hall–Kier alpha value is -4.57. The Morgan fingerprint density at radius 3 is 1.96 bits per heavy atom. The Balaban J connectivity index is 1.72. The molecule has 0 N–H and O–H groups in total. The highest BCUT2D eigenvalue weighted by Crippen LogP contribution is 2.61. The lowest BCUT2D eigenvalue weighted by Crippen LogP contribution is -2.63. The van der Waals surface area contributed by atoms with E-state index in [2.05, 4.69) is 20.8 Å². The number of esters is 7. The lowest BCUT2D eigenvalue weighted by Gasteiger charge is -2.55. The van der Waals surface area contributed by atoms with E-state index in [1.165, 1.54) is 13.8 Å². The molecule has 0 spiro atoms. The van der Waals surface area contributed by atoms with Gasteiger partial charge in [-0.25, -0.2) is 4.79 Å². The minimum absolute atomic E-state index is 0.0212. The minimum atomic E-state index is -1.68. The molecule has 16 heteroatoms. The van der Waals surface area contributed by atoms with Gasteiger partial charge in [0.05, 0.1) is 5.56 Å². The Morgan fingerprint density at radius 1 is 0.759 bits per heavy atom. The van der Waals surface area contributed by atoms with Crippen molar-refractivity contribution < 1.29 is 76.2 Å². The lowest BCUT2D eigenvalue weighted by molar-refractivity contribution is -0.334. The van der Waals surface area contributed by atoms with Gasteiger partial charge in [-0.05, 0) is 53.6 Å². The van der Waals surface area contributed by atoms with Crippen LogP contribution in [0.1, 0.15) is 127 Å². The van der Waals surface area contributed by atoms with E-state index in [1.54, 1.807) is 0 Å². The molecule has 0 bridgehead atoms. The van der Waals surface area contributed by atoms with E-state index < -0.39 is 97.4 Å². The van der Waals surface area contributed by atoms with Crippen LogP contribution in [0.2, 0.25) is 0 Å². The van der Waals surface area contributed by atoms with Gasteiger partial charge < -0.3 is 42.6 Å². The number of carbonyl (C=O) groups excluding carboxylic acids is 7. The zero-order chi connectivity index (χ0) is 39.9. The molecule has 2 fully saturated rings. The summed E-state index contributed by atoms with van der Waals surface area (Å²) in [6.07, 6.45) is -5.41. The third kappa shape index (κ3) is 8.09. The van der Waals surface area contributed by atoms with Crippen LogP contribution in [-0.4, -0.2) is 79.1 Å². The van der Waals surface area contributed by atoms with Gasteiger partial charge in [0, 0.05) is 52.7 Å². The Kier molecular flexibility index (Phi) is 11.8. The predicted octanol–water partition coefficient (Wildman–Crippen LogP) is 3.97. The van der Waals surface area contributed by atoms with E-state index in [1.807, 2.05) is 0 Å². The van der Waals surface area contributed by atoms with E-state index >= 15 is 0 Å². The monoisotopic (exact) mass is 760 g/mol. The number of hydrogen-bond acceptors (Lipinski definition) is 16. The number of fused-ring (bicyclic) bond motifs is 5. The predicted molar refractivity (Wildman–Crippen MR) is 181 cm³/mol. The van der Waals surface area contributed by atoms with Gasteiger partial charge in [0.2, 0.25) is 12.6 Å². The second kappa shape index (κ2) is 15.7. The molecule has 16 nitrogen and oxygen atoms in total. The highest BCUT2D eigenvalue weighted by Gasteiger charge is 2.57. The molecular formula is C38H48O16. The van der Waals surface area contributed by atoms with Crippen LogP contribution in [0.5, 0.6) is 5.75 Å². The molecule has 5 rings (SSSR count). The van der Waals surface area contributed by atoms with Gasteiger partial charge in [0.25, 0.3) is 0 Å². The summed E-state index contributed by atoms with van der Waals surface area (Å²) in [5.41, 5.74) is 1.00. The van der Waals surface area contributed by atoms with Crippen LogP contribution in [0, 0.1) is 11.3 Å². The van der Waals surface area contributed by atoms with Crippen LogP contribution in [0.3, 0.4) is 0 Å². The third-order valence-corrected chi connectivity index (χ3v) is 10.7. The molecule has 0 unspecified atom stereocenters. The SMILES string of the molecule is CC(=O)OCc1c(OC(C)=O)c2c(c3c1C(=O)O[C@@H]3O[C@@H]1O[C@H](COC(C)=O)[C@@H](OC(C)=O)[C@H](OC(C)=O)[C@H]1OC(C)=O)[C@@]1(C)CCCC(C)(C)[C@@H]1CC2. The van der Waals surface area contributed by atoms with E-state index in [4.69, 9.17) is 42.6 Å². The first-order chi connectivity index (χ1) is 25.2. The second-order valence-electron chi connectivity index (χ2n) is 15.1. The fourth-order valence-corrected chi connectivity index (χ4v) is 8.95. The van der Waals surface area contributed by atoms with Crippen molar-refractivity contribution >= 4 is 41.8 Å². The summed E-state index contributed by atoms with van der Waals surface area (Å²) in [5, 5.41) is 0. The third-order valence-electron chi connectivity index (χ3n) is 10.7. The van der Waals surface area contributed by atoms with Crippen molar-refractivity contribution in [2.45, 2.75) is 143 Å². The van der Waals surface area contributed by atoms with Gasteiger partial charge in [-0.15, -0.1) is 0 Å². The average Bonchev–Trinajstić information content (AvgIpc) is 3.35. The maximum Gasteiger partial charge on any atom is 0.341 e. The first kappa shape index (κ1) is 40.6. The molecule has 1 aromatic carbocycles. The fraction of sp³-hybridized carbons (Fsp3) is 0.658. The van der Waals surface area contributed by atoms with E-state index in [9.17, 15) is 33.6 Å². The number of rotatable bonds is 10. The van der Waals surface area contributed by atoms with Gasteiger partial charge in [-0.3, -0.25) is 28.8 Å². The summed E-state index contributed by atoms with van der Waals surface area (Å²) in [4.78, 5) is 87.9. The standard InChI is InChI=1S/C38H48O16/c1-17(39)46-15-24-27-28(29-23(30(24)48-19(3)41)11-12-26-37(7,8)13-10-14-38(26,29)9)35(53-34(27)45)54-36-33(51-22(6)44)32(50-21(5)43)31(49-20(4)42)25(52-36)16-47-18(2)40/h25-26,31-33,35-36H,10-16H2,1-9H3/t25-,26+,31-,32+,33-,35-,36+,38+/m1/s1.